The molecular formula is C23H24F2N2O4S. The molecule has 2 aromatic carbocycles. The lowest BCUT2D eigenvalue weighted by molar-refractivity contribution is 0.0693. The highest BCUT2D eigenvalue weighted by Gasteiger charge is 2.30. The van der Waals surface area contributed by atoms with Gasteiger partial charge in [-0.25, -0.2) is 17.2 Å². The average Bonchev–Trinajstić information content (AvgIpc) is 3.07. The van der Waals surface area contributed by atoms with Crippen LogP contribution in [0.2, 0.25) is 0 Å². The summed E-state index contributed by atoms with van der Waals surface area (Å²) in [7, 11) is -4.23. The minimum atomic E-state index is -4.23. The Kier molecular flexibility index (Phi) is 5.70. The average molecular weight is 463 g/mol. The Balaban J connectivity index is 1.84. The van der Waals surface area contributed by atoms with Crippen LogP contribution in [-0.2, 0) is 10.0 Å². The van der Waals surface area contributed by atoms with Crippen LogP contribution < -0.4 is 4.72 Å². The summed E-state index contributed by atoms with van der Waals surface area (Å²) in [5, 5.41) is 0.527. The van der Waals surface area contributed by atoms with Crippen molar-refractivity contribution < 1.29 is 26.4 Å². The summed E-state index contributed by atoms with van der Waals surface area (Å²) >= 11 is 0. The van der Waals surface area contributed by atoms with Crippen LogP contribution in [0.4, 0.5) is 14.5 Å². The van der Waals surface area contributed by atoms with E-state index in [-0.39, 0.29) is 27.8 Å². The molecule has 0 aliphatic carbocycles. The third-order valence-corrected chi connectivity index (χ3v) is 7.50. The van der Waals surface area contributed by atoms with Crippen molar-refractivity contribution in [1.82, 2.24) is 4.90 Å². The zero-order chi connectivity index (χ0) is 23.2. The van der Waals surface area contributed by atoms with E-state index in [4.69, 9.17) is 4.42 Å². The van der Waals surface area contributed by atoms with E-state index in [1.807, 2.05) is 0 Å². The summed E-state index contributed by atoms with van der Waals surface area (Å²) in [6.07, 6.45) is 2.90. The number of sulfonamides is 1. The number of carbonyl (C=O) groups excluding carboxylic acids is 1. The molecule has 6 nitrogen and oxygen atoms in total. The Hall–Kier alpha value is -2.94. The maximum atomic E-state index is 13.6. The second-order valence-corrected chi connectivity index (χ2v) is 9.79. The van der Waals surface area contributed by atoms with E-state index < -0.39 is 21.7 Å². The molecule has 0 radical (unpaired) electrons. The van der Waals surface area contributed by atoms with Gasteiger partial charge in [0, 0.05) is 30.1 Å². The van der Waals surface area contributed by atoms with Crippen LogP contribution in [0.15, 0.2) is 33.6 Å². The summed E-state index contributed by atoms with van der Waals surface area (Å²) in [6.45, 7) is 6.41. The highest BCUT2D eigenvalue weighted by atomic mass is 32.2. The van der Waals surface area contributed by atoms with Gasteiger partial charge in [0.15, 0.2) is 23.0 Å². The van der Waals surface area contributed by atoms with Crippen molar-refractivity contribution >= 4 is 32.6 Å². The number of furan rings is 1. The van der Waals surface area contributed by atoms with Gasteiger partial charge in [0.25, 0.3) is 15.9 Å². The molecule has 1 aromatic heterocycles. The lowest BCUT2D eigenvalue weighted by Crippen LogP contribution is -2.35. The van der Waals surface area contributed by atoms with Gasteiger partial charge >= 0.3 is 0 Å². The predicted molar refractivity (Wildman–Crippen MR) is 117 cm³/mol. The number of hydrogen-bond acceptors (Lipinski definition) is 4. The Morgan fingerprint density at radius 2 is 1.69 bits per heavy atom. The highest BCUT2D eigenvalue weighted by molar-refractivity contribution is 7.93. The fraction of sp³-hybridized carbons (Fsp3) is 0.348. The van der Waals surface area contributed by atoms with E-state index in [2.05, 4.69) is 4.72 Å². The van der Waals surface area contributed by atoms with E-state index in [0.717, 1.165) is 37.5 Å². The van der Waals surface area contributed by atoms with E-state index >= 15 is 0 Å². The molecule has 9 heteroatoms. The van der Waals surface area contributed by atoms with Crippen molar-refractivity contribution in [3.05, 3.63) is 58.4 Å². The Bertz CT molecular complexity index is 1330. The van der Waals surface area contributed by atoms with E-state index in [9.17, 15) is 22.0 Å². The molecule has 1 N–H and O–H groups in total. The number of anilines is 1. The number of likely N-dealkylation sites (tertiary alicyclic amines) is 1. The quantitative estimate of drug-likeness (QED) is 0.588. The molecule has 0 saturated carbocycles. The molecule has 0 unspecified atom stereocenters. The fourth-order valence-electron chi connectivity index (χ4n) is 4.08. The normalized spacial score (nSPS) is 14.7. The number of rotatable bonds is 4. The first-order chi connectivity index (χ1) is 15.1. The number of nitrogens with zero attached hydrogens (tertiary/aromatic N) is 1. The van der Waals surface area contributed by atoms with Crippen molar-refractivity contribution in [1.29, 1.82) is 0 Å². The predicted octanol–water partition coefficient (Wildman–Crippen LogP) is 5.06. The molecule has 0 spiro atoms. The number of fused-ring (bicyclic) bond motifs is 1. The van der Waals surface area contributed by atoms with Crippen molar-refractivity contribution in [2.45, 2.75) is 44.9 Å². The largest absolute Gasteiger partial charge is 0.449 e. The highest BCUT2D eigenvalue weighted by Crippen LogP contribution is 2.36. The van der Waals surface area contributed by atoms with Gasteiger partial charge in [0.1, 0.15) is 4.90 Å². The van der Waals surface area contributed by atoms with Crippen LogP contribution in [0.5, 0.6) is 0 Å². The summed E-state index contributed by atoms with van der Waals surface area (Å²) in [5.74, 6) is -2.38. The van der Waals surface area contributed by atoms with Crippen LogP contribution in [0.3, 0.4) is 0 Å². The van der Waals surface area contributed by atoms with Gasteiger partial charge in [-0.05, 0) is 69.4 Å². The van der Waals surface area contributed by atoms with Crippen LogP contribution >= 0.6 is 0 Å². The minimum Gasteiger partial charge on any atom is -0.449 e. The number of amides is 1. The van der Waals surface area contributed by atoms with Gasteiger partial charge in [0.05, 0.1) is 5.69 Å². The van der Waals surface area contributed by atoms with Gasteiger partial charge in [0.2, 0.25) is 0 Å². The summed E-state index contributed by atoms with van der Waals surface area (Å²) < 4.78 is 61.6. The molecule has 1 aliphatic heterocycles. The van der Waals surface area contributed by atoms with E-state index in [1.165, 1.54) is 0 Å². The van der Waals surface area contributed by atoms with Crippen molar-refractivity contribution in [3.8, 4) is 0 Å². The van der Waals surface area contributed by atoms with Gasteiger partial charge in [-0.2, -0.15) is 0 Å². The summed E-state index contributed by atoms with van der Waals surface area (Å²) in [5.41, 5.74) is 1.66. The maximum Gasteiger partial charge on any atom is 0.289 e. The zero-order valence-electron chi connectivity index (χ0n) is 18.1. The topological polar surface area (TPSA) is 79.6 Å². The first-order valence-electron chi connectivity index (χ1n) is 10.4. The molecule has 0 bridgehead atoms. The van der Waals surface area contributed by atoms with Crippen LogP contribution in [0.25, 0.3) is 11.0 Å². The fourth-order valence-corrected chi connectivity index (χ4v) is 5.58. The molecule has 1 saturated heterocycles. The van der Waals surface area contributed by atoms with E-state index in [0.29, 0.717) is 35.2 Å². The van der Waals surface area contributed by atoms with Gasteiger partial charge in [-0.1, -0.05) is 0 Å². The number of piperidine rings is 1. The molecule has 4 rings (SSSR count). The first kappa shape index (κ1) is 22.3. The second kappa shape index (κ2) is 8.20. The van der Waals surface area contributed by atoms with Crippen molar-refractivity contribution in [2.75, 3.05) is 17.8 Å². The number of hydrogen-bond donors (Lipinski definition) is 1. The van der Waals surface area contributed by atoms with Crippen molar-refractivity contribution in [3.63, 3.8) is 0 Å². The number of nitrogens with one attached hydrogen (secondary N) is 1. The molecule has 1 aliphatic rings. The molecule has 170 valence electrons. The van der Waals surface area contributed by atoms with Crippen molar-refractivity contribution in [2.24, 2.45) is 0 Å². The SMILES string of the molecule is Cc1cc2c(C)c(C(=O)N3CCCCC3)oc2c(S(=O)(=O)Nc2ccc(F)c(F)c2)c1C. The standard InChI is InChI=1S/C23H24F2N2O4S/c1-13-11-17-15(3)20(23(28)27-9-5-4-6-10-27)31-21(17)22(14(13)2)32(29,30)26-16-7-8-18(24)19(25)12-16/h7-8,11-12,26H,4-6,9-10H2,1-3H3. The molecular weight excluding hydrogens is 438 g/mol. The third-order valence-electron chi connectivity index (χ3n) is 5.97. The number of halogens is 2. The summed E-state index contributed by atoms with van der Waals surface area (Å²) in [6, 6.07) is 4.55. The Labute approximate surface area is 185 Å². The molecule has 1 amide bonds. The monoisotopic (exact) mass is 462 g/mol. The van der Waals surface area contributed by atoms with Gasteiger partial charge < -0.3 is 9.32 Å². The van der Waals surface area contributed by atoms with Crippen LogP contribution in [0, 0.1) is 32.4 Å². The number of aryl methyl sites for hydroxylation is 2. The number of benzene rings is 2. The van der Waals surface area contributed by atoms with Gasteiger partial charge in [-0.15, -0.1) is 0 Å². The number of carbonyl (C=O) groups is 1. The lowest BCUT2D eigenvalue weighted by Gasteiger charge is -2.25. The smallest absolute Gasteiger partial charge is 0.289 e. The molecule has 1 fully saturated rings. The van der Waals surface area contributed by atoms with E-state index in [1.54, 1.807) is 31.7 Å². The first-order valence-corrected chi connectivity index (χ1v) is 11.9. The Morgan fingerprint density at radius 1 is 1.00 bits per heavy atom. The minimum absolute atomic E-state index is 0.0704. The Morgan fingerprint density at radius 3 is 2.34 bits per heavy atom. The van der Waals surface area contributed by atoms with Gasteiger partial charge in [-0.3, -0.25) is 9.52 Å². The lowest BCUT2D eigenvalue weighted by atomic mass is 10.0. The molecule has 0 atom stereocenters. The summed E-state index contributed by atoms with van der Waals surface area (Å²) in [4.78, 5) is 14.7. The second-order valence-electron chi connectivity index (χ2n) is 8.17. The maximum absolute atomic E-state index is 13.6. The molecule has 32 heavy (non-hydrogen) atoms. The zero-order valence-corrected chi connectivity index (χ0v) is 18.9. The molecule has 2 heterocycles. The van der Waals surface area contributed by atoms with Crippen LogP contribution in [0.1, 0.15) is 46.5 Å². The van der Waals surface area contributed by atoms with Crippen LogP contribution in [-0.4, -0.2) is 32.3 Å². The third kappa shape index (κ3) is 3.85. The molecule has 3 aromatic rings.